The van der Waals surface area contributed by atoms with Gasteiger partial charge in [-0.15, -0.1) is 0 Å². The molecule has 1 heterocycles. The van der Waals surface area contributed by atoms with Crippen molar-refractivity contribution < 1.29 is 19.1 Å². The number of nitrogen functional groups attached to an aromatic ring is 2. The van der Waals surface area contributed by atoms with Crippen LogP contribution < -0.4 is 11.5 Å². The number of nitrogens with two attached hydrogens (primary N) is 2. The molecular formula is C22H22N4O4. The van der Waals surface area contributed by atoms with Gasteiger partial charge in [-0.2, -0.15) is 0 Å². The fourth-order valence-electron chi connectivity index (χ4n) is 2.56. The Bertz CT molecular complexity index is 976. The van der Waals surface area contributed by atoms with Crippen molar-refractivity contribution >= 4 is 23.6 Å². The van der Waals surface area contributed by atoms with Crippen LogP contribution in [-0.4, -0.2) is 21.9 Å². The summed E-state index contributed by atoms with van der Waals surface area (Å²) in [6.45, 7) is 4.01. The number of nitrogens with zero attached hydrogens (tertiary/aromatic N) is 2. The van der Waals surface area contributed by atoms with Gasteiger partial charge < -0.3 is 20.9 Å². The lowest BCUT2D eigenvalue weighted by Gasteiger charge is -2.10. The molecule has 8 nitrogen and oxygen atoms in total. The van der Waals surface area contributed by atoms with Crippen LogP contribution in [0.2, 0.25) is 0 Å². The molecule has 2 aromatic carbocycles. The van der Waals surface area contributed by atoms with Crippen LogP contribution in [0.1, 0.15) is 43.2 Å². The summed E-state index contributed by atoms with van der Waals surface area (Å²) in [7, 11) is 0. The van der Waals surface area contributed by atoms with Crippen molar-refractivity contribution in [3.05, 3.63) is 82.2 Å². The van der Waals surface area contributed by atoms with Crippen LogP contribution in [0.3, 0.4) is 0 Å². The van der Waals surface area contributed by atoms with Crippen molar-refractivity contribution in [2.45, 2.75) is 27.1 Å². The zero-order valence-electron chi connectivity index (χ0n) is 16.7. The normalized spacial score (nSPS) is 10.5. The molecule has 3 aromatic rings. The summed E-state index contributed by atoms with van der Waals surface area (Å²) >= 11 is 0. The number of ether oxygens (including phenoxy) is 2. The summed E-state index contributed by atoms with van der Waals surface area (Å²) in [5.74, 6) is -2.10. The van der Waals surface area contributed by atoms with E-state index in [1.165, 1.54) is 0 Å². The van der Waals surface area contributed by atoms with Gasteiger partial charge in [0.2, 0.25) is 0 Å². The first-order valence-corrected chi connectivity index (χ1v) is 9.22. The number of carbonyl (C=O) groups is 2. The second-order valence-electron chi connectivity index (χ2n) is 6.81. The zero-order valence-corrected chi connectivity index (χ0v) is 16.7. The Hall–Kier alpha value is -3.94. The van der Waals surface area contributed by atoms with Crippen molar-refractivity contribution in [1.29, 1.82) is 0 Å². The van der Waals surface area contributed by atoms with Gasteiger partial charge >= 0.3 is 11.9 Å². The SMILES string of the molecule is Cc1ccc(COC(=O)c2nc(N)c(C(=O)OCc3ccc(C)cc3)nc2N)cc1. The lowest BCUT2D eigenvalue weighted by Crippen LogP contribution is -2.18. The van der Waals surface area contributed by atoms with E-state index in [1.807, 2.05) is 62.4 Å². The molecule has 0 amide bonds. The Labute approximate surface area is 173 Å². The van der Waals surface area contributed by atoms with Crippen molar-refractivity contribution in [3.63, 3.8) is 0 Å². The predicted octanol–water partition coefficient (Wildman–Crippen LogP) is 2.97. The van der Waals surface area contributed by atoms with Crippen LogP contribution in [0.5, 0.6) is 0 Å². The first-order valence-electron chi connectivity index (χ1n) is 9.22. The first-order chi connectivity index (χ1) is 14.3. The molecule has 0 fully saturated rings. The number of esters is 2. The molecule has 3 rings (SSSR count). The molecule has 30 heavy (non-hydrogen) atoms. The van der Waals surface area contributed by atoms with Crippen LogP contribution in [-0.2, 0) is 22.7 Å². The fraction of sp³-hybridized carbons (Fsp3) is 0.182. The van der Waals surface area contributed by atoms with Crippen molar-refractivity contribution in [2.24, 2.45) is 0 Å². The van der Waals surface area contributed by atoms with Crippen LogP contribution in [0.4, 0.5) is 11.6 Å². The molecule has 0 saturated carbocycles. The first kappa shape index (κ1) is 20.8. The van der Waals surface area contributed by atoms with Crippen LogP contribution >= 0.6 is 0 Å². The van der Waals surface area contributed by atoms with Crippen molar-refractivity contribution in [2.75, 3.05) is 11.5 Å². The molecule has 0 aliphatic heterocycles. The summed E-state index contributed by atoms with van der Waals surface area (Å²) < 4.78 is 10.4. The molecule has 0 spiro atoms. The van der Waals surface area contributed by atoms with Crippen molar-refractivity contribution in [1.82, 2.24) is 9.97 Å². The van der Waals surface area contributed by atoms with Gasteiger partial charge in [-0.25, -0.2) is 19.6 Å². The molecule has 1 aromatic heterocycles. The summed E-state index contributed by atoms with van der Waals surface area (Å²) in [6, 6.07) is 15.0. The number of carbonyl (C=O) groups excluding carboxylic acids is 2. The molecule has 0 radical (unpaired) electrons. The summed E-state index contributed by atoms with van der Waals surface area (Å²) in [4.78, 5) is 32.4. The topological polar surface area (TPSA) is 130 Å². The summed E-state index contributed by atoms with van der Waals surface area (Å²) in [5, 5.41) is 0. The van der Waals surface area contributed by atoms with E-state index >= 15 is 0 Å². The van der Waals surface area contributed by atoms with E-state index in [4.69, 9.17) is 20.9 Å². The highest BCUT2D eigenvalue weighted by atomic mass is 16.5. The van der Waals surface area contributed by atoms with Crippen LogP contribution in [0.15, 0.2) is 48.5 Å². The second-order valence-corrected chi connectivity index (χ2v) is 6.81. The Morgan fingerprint density at radius 3 is 1.37 bits per heavy atom. The number of rotatable bonds is 6. The lowest BCUT2D eigenvalue weighted by molar-refractivity contribution is 0.0450. The van der Waals surface area contributed by atoms with Gasteiger partial charge in [-0.1, -0.05) is 59.7 Å². The van der Waals surface area contributed by atoms with E-state index in [-0.39, 0.29) is 36.2 Å². The van der Waals surface area contributed by atoms with E-state index < -0.39 is 11.9 Å². The Morgan fingerprint density at radius 1 is 0.700 bits per heavy atom. The second kappa shape index (κ2) is 9.04. The molecule has 0 atom stereocenters. The maximum atomic E-state index is 12.3. The van der Waals surface area contributed by atoms with Gasteiger partial charge in [-0.05, 0) is 25.0 Å². The van der Waals surface area contributed by atoms with Crippen molar-refractivity contribution in [3.8, 4) is 0 Å². The highest BCUT2D eigenvalue weighted by molar-refractivity contribution is 5.96. The van der Waals surface area contributed by atoms with E-state index in [0.717, 1.165) is 22.3 Å². The largest absolute Gasteiger partial charge is 0.456 e. The molecule has 0 aliphatic rings. The Morgan fingerprint density at radius 2 is 1.03 bits per heavy atom. The van der Waals surface area contributed by atoms with Gasteiger partial charge in [0.25, 0.3) is 0 Å². The van der Waals surface area contributed by atoms with Gasteiger partial charge in [0.05, 0.1) is 0 Å². The number of benzene rings is 2. The molecule has 0 unspecified atom stereocenters. The predicted molar refractivity (Wildman–Crippen MR) is 111 cm³/mol. The third kappa shape index (κ3) is 5.11. The standard InChI is InChI=1S/C22H22N4O4/c1-13-3-7-15(8-4-13)11-29-21(27)17-19(23)26-18(20(24)25-17)22(28)30-12-16-9-5-14(2)6-10-16/h3-10H,11-12H2,1-2H3,(H2,24,25)(H2,23,26). The van der Waals surface area contributed by atoms with Gasteiger partial charge in [0.1, 0.15) is 13.2 Å². The van der Waals surface area contributed by atoms with Crippen LogP contribution in [0.25, 0.3) is 0 Å². The smallest absolute Gasteiger partial charge is 0.361 e. The maximum Gasteiger partial charge on any atom is 0.361 e. The minimum Gasteiger partial charge on any atom is -0.456 e. The summed E-state index contributed by atoms with van der Waals surface area (Å²) in [5.41, 5.74) is 14.9. The molecule has 8 heteroatoms. The minimum absolute atomic E-state index is 0.0421. The minimum atomic E-state index is -0.785. The molecule has 154 valence electrons. The zero-order chi connectivity index (χ0) is 21.7. The van der Waals surface area contributed by atoms with E-state index in [1.54, 1.807) is 0 Å². The molecule has 0 saturated heterocycles. The molecular weight excluding hydrogens is 384 g/mol. The molecule has 4 N–H and O–H groups in total. The average Bonchev–Trinajstić information content (AvgIpc) is 2.73. The number of hydrogen-bond donors (Lipinski definition) is 2. The molecule has 0 bridgehead atoms. The number of aryl methyl sites for hydroxylation is 2. The quantitative estimate of drug-likeness (QED) is 0.598. The van der Waals surface area contributed by atoms with E-state index in [9.17, 15) is 9.59 Å². The van der Waals surface area contributed by atoms with Gasteiger partial charge in [-0.3, -0.25) is 0 Å². The van der Waals surface area contributed by atoms with Gasteiger partial charge in [0.15, 0.2) is 23.0 Å². The monoisotopic (exact) mass is 406 g/mol. The average molecular weight is 406 g/mol. The third-order valence-corrected chi connectivity index (χ3v) is 4.32. The third-order valence-electron chi connectivity index (χ3n) is 4.32. The Kier molecular flexibility index (Phi) is 6.26. The number of anilines is 2. The highest BCUT2D eigenvalue weighted by Gasteiger charge is 2.22. The fourth-order valence-corrected chi connectivity index (χ4v) is 2.56. The van der Waals surface area contributed by atoms with Gasteiger partial charge in [0, 0.05) is 0 Å². The lowest BCUT2D eigenvalue weighted by atomic mass is 10.2. The van der Waals surface area contributed by atoms with E-state index in [2.05, 4.69) is 9.97 Å². The maximum absolute atomic E-state index is 12.3. The number of hydrogen-bond acceptors (Lipinski definition) is 8. The van der Waals surface area contributed by atoms with E-state index in [0.29, 0.717) is 0 Å². The number of aromatic nitrogens is 2. The Balaban J connectivity index is 1.66. The summed E-state index contributed by atoms with van der Waals surface area (Å²) in [6.07, 6.45) is 0. The molecule has 0 aliphatic carbocycles. The highest BCUT2D eigenvalue weighted by Crippen LogP contribution is 2.17. The van der Waals surface area contributed by atoms with Crippen LogP contribution in [0, 0.1) is 13.8 Å².